The lowest BCUT2D eigenvalue weighted by Gasteiger charge is -2.32. The highest BCUT2D eigenvalue weighted by Gasteiger charge is 2.24. The predicted molar refractivity (Wildman–Crippen MR) is 117 cm³/mol. The number of aryl methyl sites for hydroxylation is 1. The third-order valence-electron chi connectivity index (χ3n) is 5.88. The summed E-state index contributed by atoms with van der Waals surface area (Å²) in [5, 5.41) is 15.8. The molecule has 2 N–H and O–H groups in total. The second kappa shape index (κ2) is 10.5. The van der Waals surface area contributed by atoms with Gasteiger partial charge in [0, 0.05) is 26.1 Å². The van der Waals surface area contributed by atoms with Gasteiger partial charge in [0.2, 0.25) is 0 Å². The van der Waals surface area contributed by atoms with Crippen LogP contribution in [0.2, 0.25) is 0 Å². The van der Waals surface area contributed by atoms with Crippen LogP contribution in [-0.4, -0.2) is 33.8 Å². The third kappa shape index (κ3) is 5.57. The Morgan fingerprint density at radius 1 is 1.15 bits per heavy atom. The largest absolute Gasteiger partial charge is 0.354 e. The summed E-state index contributed by atoms with van der Waals surface area (Å²) in [7, 11) is 1.85. The molecule has 0 spiro atoms. The third-order valence-corrected chi connectivity index (χ3v) is 5.88. The number of halogens is 1. The number of aromatic nitrogens is 3. The molecule has 0 radical (unpaired) electrons. The monoisotopic (exact) mass is 474 g/mol. The average Bonchev–Trinajstić information content (AvgIpc) is 2.85. The zero-order chi connectivity index (χ0) is 17.6. The van der Waals surface area contributed by atoms with Gasteiger partial charge >= 0.3 is 0 Å². The first-order valence-electron chi connectivity index (χ1n) is 10.1. The van der Waals surface area contributed by atoms with E-state index < -0.39 is 0 Å². The van der Waals surface area contributed by atoms with Crippen LogP contribution in [0.5, 0.6) is 0 Å². The Bertz CT molecular complexity index is 575. The number of rotatable bonds is 4. The molecule has 1 saturated carbocycles. The molecule has 6 nitrogen and oxygen atoms in total. The summed E-state index contributed by atoms with van der Waals surface area (Å²) in [6.45, 7) is 6.43. The summed E-state index contributed by atoms with van der Waals surface area (Å²) in [4.78, 5) is 4.40. The van der Waals surface area contributed by atoms with Crippen LogP contribution >= 0.6 is 24.0 Å². The summed E-state index contributed by atoms with van der Waals surface area (Å²) in [6, 6.07) is 0.539. The maximum Gasteiger partial charge on any atom is 0.191 e. The molecule has 0 saturated heterocycles. The molecule has 1 aliphatic heterocycles. The quantitative estimate of drug-likeness (QED) is 0.398. The molecule has 1 aromatic heterocycles. The maximum atomic E-state index is 4.40. The Labute approximate surface area is 175 Å². The summed E-state index contributed by atoms with van der Waals surface area (Å²) < 4.78 is 2.29. The van der Waals surface area contributed by atoms with Gasteiger partial charge in [-0.15, -0.1) is 34.2 Å². The Hall–Kier alpha value is -0.860. The van der Waals surface area contributed by atoms with Crippen molar-refractivity contribution in [3.05, 3.63) is 11.6 Å². The van der Waals surface area contributed by atoms with Gasteiger partial charge in [-0.3, -0.25) is 4.99 Å². The van der Waals surface area contributed by atoms with Crippen LogP contribution in [0.25, 0.3) is 0 Å². The highest BCUT2D eigenvalue weighted by molar-refractivity contribution is 14.0. The van der Waals surface area contributed by atoms with E-state index in [1.165, 1.54) is 44.9 Å². The fourth-order valence-corrected chi connectivity index (χ4v) is 4.16. The van der Waals surface area contributed by atoms with E-state index in [2.05, 4.69) is 44.2 Å². The molecule has 0 bridgehead atoms. The summed E-state index contributed by atoms with van der Waals surface area (Å²) >= 11 is 0. The van der Waals surface area contributed by atoms with Gasteiger partial charge in [-0.25, -0.2) is 0 Å². The van der Waals surface area contributed by atoms with Crippen molar-refractivity contribution in [1.82, 2.24) is 25.4 Å². The van der Waals surface area contributed by atoms with Gasteiger partial charge in [0.25, 0.3) is 0 Å². The van der Waals surface area contributed by atoms with Crippen LogP contribution in [0.3, 0.4) is 0 Å². The van der Waals surface area contributed by atoms with Gasteiger partial charge in [0.05, 0.1) is 6.54 Å². The van der Waals surface area contributed by atoms with Gasteiger partial charge in [-0.05, 0) is 50.4 Å². The Balaban J connectivity index is 0.00000243. The molecule has 3 rings (SSSR count). The van der Waals surface area contributed by atoms with E-state index in [0.29, 0.717) is 12.6 Å². The lowest BCUT2D eigenvalue weighted by molar-refractivity contribution is 0.250. The van der Waals surface area contributed by atoms with Crippen LogP contribution in [0.4, 0.5) is 0 Å². The minimum absolute atomic E-state index is 0. The Morgan fingerprint density at radius 3 is 2.62 bits per heavy atom. The predicted octanol–water partition coefficient (Wildman–Crippen LogP) is 3.50. The van der Waals surface area contributed by atoms with E-state index in [0.717, 1.165) is 42.4 Å². The molecule has 7 heteroatoms. The van der Waals surface area contributed by atoms with Crippen LogP contribution in [0.15, 0.2) is 4.99 Å². The molecule has 1 aliphatic carbocycles. The number of hydrogen-bond acceptors (Lipinski definition) is 3. The van der Waals surface area contributed by atoms with Crippen LogP contribution in [0.1, 0.15) is 70.4 Å². The van der Waals surface area contributed by atoms with Gasteiger partial charge in [0.1, 0.15) is 5.82 Å². The number of nitrogens with zero attached hydrogens (tertiary/aromatic N) is 4. The molecule has 2 heterocycles. The normalized spacial score (nSPS) is 23.8. The molecule has 148 valence electrons. The molecule has 1 aromatic rings. The zero-order valence-electron chi connectivity index (χ0n) is 16.5. The minimum atomic E-state index is 0. The molecular weight excluding hydrogens is 439 g/mol. The summed E-state index contributed by atoms with van der Waals surface area (Å²) in [6.07, 6.45) is 9.93. The van der Waals surface area contributed by atoms with Crippen molar-refractivity contribution in [3.63, 3.8) is 0 Å². The fraction of sp³-hybridized carbons (Fsp3) is 0.842. The van der Waals surface area contributed by atoms with Crippen LogP contribution < -0.4 is 10.6 Å². The first-order valence-corrected chi connectivity index (χ1v) is 10.1. The Kier molecular flexibility index (Phi) is 8.63. The average molecular weight is 474 g/mol. The van der Waals surface area contributed by atoms with E-state index in [9.17, 15) is 0 Å². The first kappa shape index (κ1) is 21.4. The number of fused-ring (bicyclic) bond motifs is 1. The molecule has 0 atom stereocenters. The second-order valence-electron chi connectivity index (χ2n) is 7.92. The van der Waals surface area contributed by atoms with E-state index >= 15 is 0 Å². The molecular formula is C19H35IN6. The van der Waals surface area contributed by atoms with Crippen molar-refractivity contribution < 1.29 is 0 Å². The van der Waals surface area contributed by atoms with Gasteiger partial charge < -0.3 is 15.2 Å². The molecule has 0 unspecified atom stereocenters. The van der Waals surface area contributed by atoms with Gasteiger partial charge in [-0.2, -0.15) is 0 Å². The molecule has 26 heavy (non-hydrogen) atoms. The molecule has 2 aliphatic rings. The number of aliphatic imine (C=N–C) groups is 1. The van der Waals surface area contributed by atoms with Crippen molar-refractivity contribution >= 4 is 29.9 Å². The van der Waals surface area contributed by atoms with Crippen molar-refractivity contribution in [1.29, 1.82) is 0 Å². The zero-order valence-corrected chi connectivity index (χ0v) is 18.8. The highest BCUT2D eigenvalue weighted by atomic mass is 127. The van der Waals surface area contributed by atoms with E-state index in [4.69, 9.17) is 0 Å². The van der Waals surface area contributed by atoms with Crippen molar-refractivity contribution in [2.24, 2.45) is 16.8 Å². The SMILES string of the molecule is CN=C(NCc1nnc2n1CCCCC2)NC1CCC(C(C)C)CC1.I. The van der Waals surface area contributed by atoms with Crippen molar-refractivity contribution in [3.8, 4) is 0 Å². The number of guanidine groups is 1. The second-order valence-corrected chi connectivity index (χ2v) is 7.92. The lowest BCUT2D eigenvalue weighted by atomic mass is 9.80. The van der Waals surface area contributed by atoms with E-state index in [1.807, 2.05) is 7.05 Å². The van der Waals surface area contributed by atoms with Crippen LogP contribution in [0, 0.1) is 11.8 Å². The minimum Gasteiger partial charge on any atom is -0.354 e. The standard InChI is InChI=1S/C19H34N6.HI/c1-14(2)15-8-10-16(11-9-15)22-19(20-3)21-13-18-24-23-17-7-5-4-6-12-25(17)18;/h14-16H,4-13H2,1-3H3,(H2,20,21,22);1H. The number of nitrogens with one attached hydrogen (secondary N) is 2. The first-order chi connectivity index (χ1) is 12.2. The van der Waals surface area contributed by atoms with Gasteiger partial charge in [0.15, 0.2) is 11.8 Å². The smallest absolute Gasteiger partial charge is 0.191 e. The van der Waals surface area contributed by atoms with E-state index in [1.54, 1.807) is 0 Å². The summed E-state index contributed by atoms with van der Waals surface area (Å²) in [5.74, 6) is 4.76. The Morgan fingerprint density at radius 2 is 1.92 bits per heavy atom. The van der Waals surface area contributed by atoms with Crippen molar-refractivity contribution in [2.75, 3.05) is 7.05 Å². The highest BCUT2D eigenvalue weighted by Crippen LogP contribution is 2.29. The molecule has 0 aromatic carbocycles. The van der Waals surface area contributed by atoms with Crippen LogP contribution in [-0.2, 0) is 19.5 Å². The maximum absolute atomic E-state index is 4.40. The number of hydrogen-bond donors (Lipinski definition) is 2. The van der Waals surface area contributed by atoms with E-state index in [-0.39, 0.29) is 24.0 Å². The van der Waals surface area contributed by atoms with Crippen molar-refractivity contribution in [2.45, 2.75) is 84.3 Å². The van der Waals surface area contributed by atoms with Gasteiger partial charge in [-0.1, -0.05) is 20.3 Å². The summed E-state index contributed by atoms with van der Waals surface area (Å²) in [5.41, 5.74) is 0. The fourth-order valence-electron chi connectivity index (χ4n) is 4.16. The lowest BCUT2D eigenvalue weighted by Crippen LogP contribution is -2.45. The molecule has 0 amide bonds. The topological polar surface area (TPSA) is 67.1 Å². The molecule has 1 fully saturated rings.